The first-order chi connectivity index (χ1) is 5.93. The third-order valence-corrected chi connectivity index (χ3v) is 1.94. The summed E-state index contributed by atoms with van der Waals surface area (Å²) >= 11 is 0. The lowest BCUT2D eigenvalue weighted by molar-refractivity contribution is 0.0385. The Balaban J connectivity index is 1.95. The summed E-state index contributed by atoms with van der Waals surface area (Å²) in [4.78, 5) is 2.38. The van der Waals surface area contributed by atoms with Crippen molar-refractivity contribution >= 4 is 0 Å². The molecule has 0 radical (unpaired) electrons. The number of morpholine rings is 1. The monoisotopic (exact) mass is 168 g/mol. The molecule has 0 aliphatic carbocycles. The average molecular weight is 168 g/mol. The number of hydrogen-bond donors (Lipinski definition) is 1. The Labute approximate surface area is 74.1 Å². The van der Waals surface area contributed by atoms with E-state index < -0.39 is 0 Å². The van der Waals surface area contributed by atoms with Gasteiger partial charge < -0.3 is 10.1 Å². The van der Waals surface area contributed by atoms with Gasteiger partial charge in [-0.05, 0) is 0 Å². The Morgan fingerprint density at radius 1 is 1.42 bits per heavy atom. The van der Waals surface area contributed by atoms with Crippen molar-refractivity contribution in [2.24, 2.45) is 0 Å². The van der Waals surface area contributed by atoms with Crippen LogP contribution in [0.3, 0.4) is 0 Å². The molecule has 0 aromatic carbocycles. The molecule has 3 heteroatoms. The van der Waals surface area contributed by atoms with Crippen LogP contribution in [0, 0.1) is 12.3 Å². The van der Waals surface area contributed by atoms with Gasteiger partial charge in [0.15, 0.2) is 0 Å². The van der Waals surface area contributed by atoms with Crippen molar-refractivity contribution in [1.82, 2.24) is 10.2 Å². The molecule has 0 bridgehead atoms. The third-order valence-electron chi connectivity index (χ3n) is 1.94. The molecule has 1 N–H and O–H groups in total. The van der Waals surface area contributed by atoms with E-state index in [1.54, 1.807) is 0 Å². The molecular weight excluding hydrogens is 152 g/mol. The zero-order chi connectivity index (χ0) is 8.65. The molecule has 3 nitrogen and oxygen atoms in total. The van der Waals surface area contributed by atoms with Gasteiger partial charge in [0.25, 0.3) is 0 Å². The van der Waals surface area contributed by atoms with E-state index in [-0.39, 0.29) is 0 Å². The van der Waals surface area contributed by atoms with Gasteiger partial charge in [0, 0.05) is 26.2 Å². The van der Waals surface area contributed by atoms with Gasteiger partial charge in [-0.3, -0.25) is 4.90 Å². The van der Waals surface area contributed by atoms with Gasteiger partial charge in [-0.15, -0.1) is 6.42 Å². The summed E-state index contributed by atoms with van der Waals surface area (Å²) in [6.07, 6.45) is 5.10. The van der Waals surface area contributed by atoms with Gasteiger partial charge in [-0.2, -0.15) is 0 Å². The van der Waals surface area contributed by atoms with Gasteiger partial charge in [0.1, 0.15) is 0 Å². The van der Waals surface area contributed by atoms with E-state index in [9.17, 15) is 0 Å². The van der Waals surface area contributed by atoms with Gasteiger partial charge in [-0.25, -0.2) is 0 Å². The van der Waals surface area contributed by atoms with Crippen LogP contribution in [0.4, 0.5) is 0 Å². The first-order valence-corrected chi connectivity index (χ1v) is 4.38. The van der Waals surface area contributed by atoms with Crippen LogP contribution in [-0.2, 0) is 4.74 Å². The summed E-state index contributed by atoms with van der Waals surface area (Å²) in [5.41, 5.74) is 0. The van der Waals surface area contributed by atoms with E-state index >= 15 is 0 Å². The number of rotatable bonds is 4. The van der Waals surface area contributed by atoms with E-state index in [0.717, 1.165) is 39.4 Å². The van der Waals surface area contributed by atoms with Crippen molar-refractivity contribution < 1.29 is 4.74 Å². The van der Waals surface area contributed by atoms with Crippen molar-refractivity contribution in [1.29, 1.82) is 0 Å². The Morgan fingerprint density at radius 3 is 2.83 bits per heavy atom. The minimum atomic E-state index is 0.671. The van der Waals surface area contributed by atoms with Crippen LogP contribution < -0.4 is 5.32 Å². The third kappa shape index (κ3) is 3.72. The van der Waals surface area contributed by atoms with Crippen molar-refractivity contribution in [3.05, 3.63) is 0 Å². The van der Waals surface area contributed by atoms with E-state index in [4.69, 9.17) is 11.2 Å². The van der Waals surface area contributed by atoms with Crippen LogP contribution in [0.5, 0.6) is 0 Å². The molecule has 1 saturated heterocycles. The summed E-state index contributed by atoms with van der Waals surface area (Å²) in [6.45, 7) is 6.57. The highest BCUT2D eigenvalue weighted by atomic mass is 16.5. The second-order valence-electron chi connectivity index (χ2n) is 2.83. The largest absolute Gasteiger partial charge is 0.379 e. The molecule has 0 unspecified atom stereocenters. The molecule has 1 rings (SSSR count). The molecule has 0 amide bonds. The number of nitrogens with one attached hydrogen (secondary N) is 1. The standard InChI is InChI=1S/C9H16N2O/c1-2-3-10-4-5-11-6-8-12-9-7-11/h1,10H,3-9H2. The minimum absolute atomic E-state index is 0.671. The molecule has 68 valence electrons. The molecule has 1 aliphatic heterocycles. The zero-order valence-corrected chi connectivity index (χ0v) is 7.38. The molecule has 0 aromatic rings. The average Bonchev–Trinajstić information content (AvgIpc) is 2.14. The molecule has 0 saturated carbocycles. The molecule has 12 heavy (non-hydrogen) atoms. The van der Waals surface area contributed by atoms with Gasteiger partial charge in [0.2, 0.25) is 0 Å². The van der Waals surface area contributed by atoms with Crippen molar-refractivity contribution in [2.75, 3.05) is 45.9 Å². The molecule has 0 atom stereocenters. The summed E-state index contributed by atoms with van der Waals surface area (Å²) < 4.78 is 5.23. The van der Waals surface area contributed by atoms with Crippen molar-refractivity contribution in [3.8, 4) is 12.3 Å². The first-order valence-electron chi connectivity index (χ1n) is 4.38. The summed E-state index contributed by atoms with van der Waals surface area (Å²) in [5, 5.41) is 3.16. The second kappa shape index (κ2) is 6.01. The lowest BCUT2D eigenvalue weighted by Crippen LogP contribution is -2.40. The normalized spacial score (nSPS) is 18.9. The highest BCUT2D eigenvalue weighted by Gasteiger charge is 2.08. The number of ether oxygens (including phenoxy) is 1. The fourth-order valence-electron chi connectivity index (χ4n) is 1.22. The van der Waals surface area contributed by atoms with Crippen LogP contribution in [-0.4, -0.2) is 50.8 Å². The van der Waals surface area contributed by atoms with Crippen LogP contribution in [0.15, 0.2) is 0 Å². The number of hydrogen-bond acceptors (Lipinski definition) is 3. The van der Waals surface area contributed by atoms with Crippen LogP contribution in [0.25, 0.3) is 0 Å². The number of nitrogens with zero attached hydrogens (tertiary/aromatic N) is 1. The molecule has 0 spiro atoms. The maximum absolute atomic E-state index is 5.23. The Bertz CT molecular complexity index is 147. The zero-order valence-electron chi connectivity index (χ0n) is 7.38. The summed E-state index contributed by atoms with van der Waals surface area (Å²) in [5.74, 6) is 2.55. The van der Waals surface area contributed by atoms with Crippen LogP contribution >= 0.6 is 0 Å². The minimum Gasteiger partial charge on any atom is -0.379 e. The SMILES string of the molecule is C#CCNCCN1CCOCC1. The topological polar surface area (TPSA) is 24.5 Å². The quantitative estimate of drug-likeness (QED) is 0.454. The molecular formula is C9H16N2O. The smallest absolute Gasteiger partial charge is 0.0594 e. The maximum Gasteiger partial charge on any atom is 0.0594 e. The van der Waals surface area contributed by atoms with Crippen LogP contribution in [0.1, 0.15) is 0 Å². The first kappa shape index (κ1) is 9.53. The second-order valence-corrected chi connectivity index (χ2v) is 2.83. The van der Waals surface area contributed by atoms with Gasteiger partial charge in [-0.1, -0.05) is 5.92 Å². The summed E-state index contributed by atoms with van der Waals surface area (Å²) in [7, 11) is 0. The molecule has 1 fully saturated rings. The van der Waals surface area contributed by atoms with Gasteiger partial charge in [0.05, 0.1) is 19.8 Å². The van der Waals surface area contributed by atoms with E-state index in [2.05, 4.69) is 16.1 Å². The van der Waals surface area contributed by atoms with Gasteiger partial charge >= 0.3 is 0 Å². The molecule has 1 aliphatic rings. The van der Waals surface area contributed by atoms with Crippen molar-refractivity contribution in [2.45, 2.75) is 0 Å². The van der Waals surface area contributed by atoms with Crippen LogP contribution in [0.2, 0.25) is 0 Å². The highest BCUT2D eigenvalue weighted by molar-refractivity contribution is 4.86. The number of terminal acetylenes is 1. The predicted octanol–water partition coefficient (Wildman–Crippen LogP) is -0.459. The molecule has 0 aromatic heterocycles. The van der Waals surface area contributed by atoms with E-state index in [1.807, 2.05) is 0 Å². The Kier molecular flexibility index (Phi) is 4.77. The fraction of sp³-hybridized carbons (Fsp3) is 0.778. The van der Waals surface area contributed by atoms with E-state index in [1.165, 1.54) is 0 Å². The highest BCUT2D eigenvalue weighted by Crippen LogP contribution is 1.94. The summed E-state index contributed by atoms with van der Waals surface area (Å²) in [6, 6.07) is 0. The van der Waals surface area contributed by atoms with Crippen molar-refractivity contribution in [3.63, 3.8) is 0 Å². The Morgan fingerprint density at radius 2 is 2.17 bits per heavy atom. The predicted molar refractivity (Wildman–Crippen MR) is 49.0 cm³/mol. The lowest BCUT2D eigenvalue weighted by atomic mass is 10.4. The maximum atomic E-state index is 5.23. The lowest BCUT2D eigenvalue weighted by Gasteiger charge is -2.26. The Hall–Kier alpha value is -0.560. The van der Waals surface area contributed by atoms with E-state index in [0.29, 0.717) is 6.54 Å². The fourth-order valence-corrected chi connectivity index (χ4v) is 1.22. The molecule has 1 heterocycles.